The van der Waals surface area contributed by atoms with Crippen LogP contribution in [-0.4, -0.2) is 5.78 Å². The summed E-state index contributed by atoms with van der Waals surface area (Å²) in [6.45, 7) is 10.5. The molecule has 2 N–H and O–H groups in total. The third kappa shape index (κ3) is 5.31. The lowest BCUT2D eigenvalue weighted by atomic mass is 9.68. The fourth-order valence-corrected chi connectivity index (χ4v) is 6.99. The largest absolute Gasteiger partial charge is 0.384 e. The van der Waals surface area contributed by atoms with Gasteiger partial charge in [0.1, 0.15) is 5.82 Å². The molecule has 0 amide bonds. The summed E-state index contributed by atoms with van der Waals surface area (Å²) in [6, 6.07) is 22.7. The second-order valence-electron chi connectivity index (χ2n) is 11.7. The second-order valence-corrected chi connectivity index (χ2v) is 13.2. The Bertz CT molecular complexity index is 1590. The molecule has 3 aromatic carbocycles. The number of thioether (sulfide) groups is 1. The maximum absolute atomic E-state index is 14.0. The number of ketones is 1. The predicted octanol–water partition coefficient (Wildman–Crippen LogP) is 8.50. The normalized spacial score (nSPS) is 18.6. The summed E-state index contributed by atoms with van der Waals surface area (Å²) >= 11 is 7.98. The highest BCUT2D eigenvalue weighted by atomic mass is 35.5. The number of carbonyl (C=O) groups is 1. The number of carbonyl (C=O) groups excluding carboxylic acids is 1. The molecule has 3 aromatic rings. The maximum atomic E-state index is 14.0. The summed E-state index contributed by atoms with van der Waals surface area (Å²) < 4.78 is 0. The number of allylic oxidation sites excluding steroid dienone is 3. The van der Waals surface area contributed by atoms with Crippen LogP contribution < -0.4 is 10.6 Å². The Morgan fingerprint density at radius 3 is 2.35 bits per heavy atom. The minimum atomic E-state index is -0.504. The summed E-state index contributed by atoms with van der Waals surface area (Å²) in [5, 5.41) is 11.1. The molecule has 1 aliphatic heterocycles. The molecule has 5 rings (SSSR count). The molecule has 0 radical (unpaired) electrons. The zero-order valence-electron chi connectivity index (χ0n) is 23.6. The van der Waals surface area contributed by atoms with Crippen molar-refractivity contribution in [3.8, 4) is 6.07 Å². The van der Waals surface area contributed by atoms with Gasteiger partial charge in [-0.05, 0) is 85.7 Å². The molecule has 0 fully saturated rings. The molecule has 204 valence electrons. The minimum absolute atomic E-state index is 0.0759. The number of rotatable bonds is 5. The monoisotopic (exact) mass is 567 g/mol. The van der Waals surface area contributed by atoms with Gasteiger partial charge in [0.05, 0.1) is 17.6 Å². The number of nitrogens with two attached hydrogens (primary N) is 1. The van der Waals surface area contributed by atoms with E-state index in [0.29, 0.717) is 34.8 Å². The molecule has 0 aromatic heterocycles. The van der Waals surface area contributed by atoms with E-state index in [2.05, 4.69) is 77.1 Å². The van der Waals surface area contributed by atoms with Crippen molar-refractivity contribution in [2.45, 2.75) is 64.0 Å². The van der Waals surface area contributed by atoms with Gasteiger partial charge in [-0.2, -0.15) is 5.26 Å². The van der Waals surface area contributed by atoms with Crippen molar-refractivity contribution < 1.29 is 4.79 Å². The van der Waals surface area contributed by atoms with Crippen LogP contribution in [0.3, 0.4) is 0 Å². The molecule has 1 unspecified atom stereocenters. The van der Waals surface area contributed by atoms with Crippen LogP contribution in [0.15, 0.2) is 88.2 Å². The Morgan fingerprint density at radius 1 is 1.02 bits per heavy atom. The van der Waals surface area contributed by atoms with E-state index in [1.54, 1.807) is 23.9 Å². The molecule has 2 aliphatic rings. The average molecular weight is 568 g/mol. The number of hydrogen-bond donors (Lipinski definition) is 1. The highest BCUT2D eigenvalue weighted by Gasteiger charge is 2.45. The van der Waals surface area contributed by atoms with Crippen LogP contribution in [0.4, 0.5) is 5.69 Å². The summed E-state index contributed by atoms with van der Waals surface area (Å²) in [4.78, 5) is 17.1. The van der Waals surface area contributed by atoms with Crippen molar-refractivity contribution in [2.24, 2.45) is 11.1 Å². The number of aryl methyl sites for hydroxylation is 2. The Morgan fingerprint density at radius 2 is 1.70 bits per heavy atom. The van der Waals surface area contributed by atoms with E-state index in [1.165, 1.54) is 16.0 Å². The number of nitrogens with zero attached hydrogens (tertiary/aromatic N) is 2. The van der Waals surface area contributed by atoms with Gasteiger partial charge < -0.3 is 5.73 Å². The quantitative estimate of drug-likeness (QED) is 0.313. The maximum Gasteiger partial charge on any atom is 0.162 e. The standard InChI is InChI=1S/C34H34ClN3OS/c1-20-6-12-26(13-7-20)40-19-23-14-21(2)15-27(22(23)3)31-28(18-36)33(37)38(25-10-8-24(35)9-11-25)29-16-34(4,5)17-30(39)32(29)31/h6-15,31H,16-17,19,37H2,1-5H3. The Balaban J connectivity index is 1.66. The van der Waals surface area contributed by atoms with Gasteiger partial charge in [-0.25, -0.2) is 0 Å². The topological polar surface area (TPSA) is 70.1 Å². The van der Waals surface area contributed by atoms with E-state index < -0.39 is 5.92 Å². The first kappa shape index (κ1) is 28.1. The molecule has 6 heteroatoms. The lowest BCUT2D eigenvalue weighted by Gasteiger charge is -2.44. The Hall–Kier alpha value is -3.46. The highest BCUT2D eigenvalue weighted by molar-refractivity contribution is 7.98. The lowest BCUT2D eigenvalue weighted by molar-refractivity contribution is -0.118. The zero-order chi connectivity index (χ0) is 28.8. The first-order valence-corrected chi connectivity index (χ1v) is 14.9. The summed E-state index contributed by atoms with van der Waals surface area (Å²) in [6.07, 6.45) is 1.10. The van der Waals surface area contributed by atoms with Crippen LogP contribution in [0.1, 0.15) is 60.4 Å². The SMILES string of the molecule is Cc1ccc(SCc2cc(C)cc(C3C(C#N)=C(N)N(c4ccc(Cl)cc4)C4=C3C(=O)CC(C)(C)C4)c2C)cc1. The van der Waals surface area contributed by atoms with E-state index in [-0.39, 0.29) is 11.2 Å². The van der Waals surface area contributed by atoms with Crippen LogP contribution in [0, 0.1) is 37.5 Å². The van der Waals surface area contributed by atoms with Crippen LogP contribution in [-0.2, 0) is 10.5 Å². The molecule has 1 aliphatic carbocycles. The molecule has 0 bridgehead atoms. The van der Waals surface area contributed by atoms with Gasteiger partial charge in [-0.15, -0.1) is 11.8 Å². The number of halogens is 1. The molecule has 0 saturated carbocycles. The first-order chi connectivity index (χ1) is 19.0. The summed E-state index contributed by atoms with van der Waals surface area (Å²) in [5.74, 6) is 0.735. The highest BCUT2D eigenvalue weighted by Crippen LogP contribution is 2.51. The number of anilines is 1. The van der Waals surface area contributed by atoms with E-state index in [9.17, 15) is 10.1 Å². The Labute approximate surface area is 246 Å². The fraction of sp³-hybridized carbons (Fsp3) is 0.294. The number of nitriles is 1. The van der Waals surface area contributed by atoms with Crippen molar-refractivity contribution in [3.63, 3.8) is 0 Å². The summed E-state index contributed by atoms with van der Waals surface area (Å²) in [5.41, 5.74) is 15.0. The number of Topliss-reactive ketones (excluding diaryl/α,β-unsaturated/α-hetero) is 1. The predicted molar refractivity (Wildman–Crippen MR) is 165 cm³/mol. The fourth-order valence-electron chi connectivity index (χ4n) is 5.91. The molecular formula is C34H34ClN3OS. The smallest absolute Gasteiger partial charge is 0.162 e. The minimum Gasteiger partial charge on any atom is -0.384 e. The van der Waals surface area contributed by atoms with Gasteiger partial charge in [0, 0.05) is 39.0 Å². The molecule has 0 saturated heterocycles. The van der Waals surface area contributed by atoms with Crippen molar-refractivity contribution in [3.05, 3.63) is 116 Å². The molecular weight excluding hydrogens is 534 g/mol. The third-order valence-electron chi connectivity index (χ3n) is 7.89. The van der Waals surface area contributed by atoms with Gasteiger partial charge in [-0.1, -0.05) is 60.8 Å². The van der Waals surface area contributed by atoms with Crippen molar-refractivity contribution >= 4 is 34.8 Å². The third-order valence-corrected chi connectivity index (χ3v) is 9.20. The van der Waals surface area contributed by atoms with Gasteiger partial charge >= 0.3 is 0 Å². The van der Waals surface area contributed by atoms with E-state index in [1.807, 2.05) is 17.0 Å². The average Bonchev–Trinajstić information content (AvgIpc) is 2.89. The first-order valence-electron chi connectivity index (χ1n) is 13.5. The van der Waals surface area contributed by atoms with Crippen molar-refractivity contribution in [1.82, 2.24) is 0 Å². The number of benzene rings is 3. The van der Waals surface area contributed by atoms with Gasteiger partial charge in [0.25, 0.3) is 0 Å². The van der Waals surface area contributed by atoms with E-state index in [4.69, 9.17) is 17.3 Å². The Kier molecular flexibility index (Phi) is 7.61. The molecule has 40 heavy (non-hydrogen) atoms. The van der Waals surface area contributed by atoms with Gasteiger partial charge in [-0.3, -0.25) is 9.69 Å². The van der Waals surface area contributed by atoms with Crippen molar-refractivity contribution in [2.75, 3.05) is 4.90 Å². The second kappa shape index (κ2) is 10.8. The molecule has 0 spiro atoms. The van der Waals surface area contributed by atoms with Crippen LogP contribution >= 0.6 is 23.4 Å². The van der Waals surface area contributed by atoms with Gasteiger partial charge in [0.15, 0.2) is 5.78 Å². The van der Waals surface area contributed by atoms with Crippen LogP contribution in [0.5, 0.6) is 0 Å². The molecule has 1 atom stereocenters. The van der Waals surface area contributed by atoms with Crippen molar-refractivity contribution in [1.29, 1.82) is 5.26 Å². The zero-order valence-corrected chi connectivity index (χ0v) is 25.2. The number of hydrogen-bond acceptors (Lipinski definition) is 5. The van der Waals surface area contributed by atoms with Gasteiger partial charge in [0.2, 0.25) is 0 Å². The van der Waals surface area contributed by atoms with E-state index >= 15 is 0 Å². The summed E-state index contributed by atoms with van der Waals surface area (Å²) in [7, 11) is 0. The molecule has 1 heterocycles. The lowest BCUT2D eigenvalue weighted by Crippen LogP contribution is -2.42. The van der Waals surface area contributed by atoms with Crippen LogP contribution in [0.2, 0.25) is 5.02 Å². The van der Waals surface area contributed by atoms with Crippen LogP contribution in [0.25, 0.3) is 0 Å². The van der Waals surface area contributed by atoms with E-state index in [0.717, 1.165) is 33.8 Å². The molecule has 4 nitrogen and oxygen atoms in total.